The van der Waals surface area contributed by atoms with Gasteiger partial charge in [0.2, 0.25) is 5.88 Å². The number of aromatic nitrogens is 1. The molecule has 0 fully saturated rings. The number of methoxy groups -OCH3 is 1. The Kier molecular flexibility index (Phi) is 3.74. The minimum atomic E-state index is -0.462. The molecule has 0 aliphatic carbocycles. The summed E-state index contributed by atoms with van der Waals surface area (Å²) in [6.07, 6.45) is 1.50. The van der Waals surface area contributed by atoms with Crippen LogP contribution in [0.5, 0.6) is 17.4 Å². The predicted octanol–water partition coefficient (Wildman–Crippen LogP) is 2.48. The van der Waals surface area contributed by atoms with Crippen molar-refractivity contribution in [2.75, 3.05) is 7.11 Å². The molecule has 0 saturated heterocycles. The summed E-state index contributed by atoms with van der Waals surface area (Å²) in [5.74, 6) is 0.567. The summed E-state index contributed by atoms with van der Waals surface area (Å²) >= 11 is 0. The molecule has 0 saturated carbocycles. The molecule has 94 valence electrons. The van der Waals surface area contributed by atoms with Crippen LogP contribution in [0.25, 0.3) is 0 Å². The molecule has 0 aliphatic rings. The van der Waals surface area contributed by atoms with Gasteiger partial charge < -0.3 is 15.2 Å². The Morgan fingerprint density at radius 1 is 1.28 bits per heavy atom. The van der Waals surface area contributed by atoms with Crippen LogP contribution in [0.1, 0.15) is 5.56 Å². The maximum atomic E-state index is 13.6. The molecular weight excluding hydrogens is 235 g/mol. The smallest absolute Gasteiger partial charge is 0.219 e. The highest BCUT2D eigenvalue weighted by atomic mass is 19.1. The van der Waals surface area contributed by atoms with Gasteiger partial charge in [-0.2, -0.15) is 0 Å². The summed E-state index contributed by atoms with van der Waals surface area (Å²) < 4.78 is 23.9. The van der Waals surface area contributed by atoms with Crippen LogP contribution in [0.4, 0.5) is 4.39 Å². The first-order chi connectivity index (χ1) is 8.72. The molecule has 0 atom stereocenters. The number of halogens is 1. The molecule has 2 N–H and O–H groups in total. The molecule has 1 aromatic carbocycles. The van der Waals surface area contributed by atoms with E-state index in [2.05, 4.69) is 4.98 Å². The second-order valence-corrected chi connectivity index (χ2v) is 3.61. The van der Waals surface area contributed by atoms with Crippen molar-refractivity contribution in [1.82, 2.24) is 4.98 Å². The van der Waals surface area contributed by atoms with Crippen molar-refractivity contribution in [3.05, 3.63) is 47.9 Å². The molecule has 0 bridgehead atoms. The molecular formula is C13H13FN2O2. The highest BCUT2D eigenvalue weighted by Gasteiger charge is 2.06. The lowest BCUT2D eigenvalue weighted by Crippen LogP contribution is -1.98. The SMILES string of the molecule is COc1ccc(Oc2ccc(CN)cc2F)nc1. The Morgan fingerprint density at radius 3 is 2.67 bits per heavy atom. The van der Waals surface area contributed by atoms with Crippen molar-refractivity contribution < 1.29 is 13.9 Å². The number of nitrogens with zero attached hydrogens (tertiary/aromatic N) is 1. The van der Waals surface area contributed by atoms with E-state index in [1.807, 2.05) is 0 Å². The highest BCUT2D eigenvalue weighted by Crippen LogP contribution is 2.24. The average Bonchev–Trinajstić information content (AvgIpc) is 2.42. The molecule has 0 aliphatic heterocycles. The van der Waals surface area contributed by atoms with E-state index >= 15 is 0 Å². The van der Waals surface area contributed by atoms with Crippen LogP contribution < -0.4 is 15.2 Å². The maximum absolute atomic E-state index is 13.6. The van der Waals surface area contributed by atoms with Crippen molar-refractivity contribution in [2.24, 2.45) is 5.73 Å². The van der Waals surface area contributed by atoms with Gasteiger partial charge in [0.25, 0.3) is 0 Å². The zero-order valence-corrected chi connectivity index (χ0v) is 9.89. The van der Waals surface area contributed by atoms with Crippen LogP contribution >= 0.6 is 0 Å². The molecule has 0 radical (unpaired) electrons. The Bertz CT molecular complexity index is 529. The van der Waals surface area contributed by atoms with Crippen molar-refractivity contribution in [3.8, 4) is 17.4 Å². The summed E-state index contributed by atoms with van der Waals surface area (Å²) in [5, 5.41) is 0. The van der Waals surface area contributed by atoms with Crippen LogP contribution in [-0.2, 0) is 6.54 Å². The van der Waals surface area contributed by atoms with E-state index in [0.717, 1.165) is 0 Å². The van der Waals surface area contributed by atoms with Crippen LogP contribution in [0.2, 0.25) is 0 Å². The van der Waals surface area contributed by atoms with Gasteiger partial charge in [-0.15, -0.1) is 0 Å². The Balaban J connectivity index is 2.17. The zero-order chi connectivity index (χ0) is 13.0. The molecule has 0 unspecified atom stereocenters. The lowest BCUT2D eigenvalue weighted by molar-refractivity contribution is 0.403. The van der Waals surface area contributed by atoms with E-state index in [0.29, 0.717) is 17.2 Å². The fraction of sp³-hybridized carbons (Fsp3) is 0.154. The predicted molar refractivity (Wildman–Crippen MR) is 65.2 cm³/mol. The number of rotatable bonds is 4. The summed E-state index contributed by atoms with van der Waals surface area (Å²) in [7, 11) is 1.54. The van der Waals surface area contributed by atoms with E-state index in [1.54, 1.807) is 25.3 Å². The number of ether oxygens (including phenoxy) is 2. The topological polar surface area (TPSA) is 57.4 Å². The van der Waals surface area contributed by atoms with E-state index in [1.165, 1.54) is 18.3 Å². The number of pyridine rings is 1. The summed E-state index contributed by atoms with van der Waals surface area (Å²) in [4.78, 5) is 3.99. The minimum Gasteiger partial charge on any atom is -0.495 e. The lowest BCUT2D eigenvalue weighted by atomic mass is 10.2. The Hall–Kier alpha value is -2.14. The standard InChI is InChI=1S/C13H13FN2O2/c1-17-10-3-5-13(16-8-10)18-12-4-2-9(7-15)6-11(12)14/h2-6,8H,7,15H2,1H3. The van der Waals surface area contributed by atoms with Gasteiger partial charge in [-0.3, -0.25) is 0 Å². The quantitative estimate of drug-likeness (QED) is 0.903. The fourth-order valence-corrected chi connectivity index (χ4v) is 1.41. The second-order valence-electron chi connectivity index (χ2n) is 3.61. The van der Waals surface area contributed by atoms with Crippen LogP contribution in [-0.4, -0.2) is 12.1 Å². The molecule has 2 rings (SSSR count). The number of benzene rings is 1. The number of hydrogen-bond donors (Lipinski definition) is 1. The Labute approximate surface area is 104 Å². The molecule has 5 heteroatoms. The molecule has 0 spiro atoms. The molecule has 1 heterocycles. The normalized spacial score (nSPS) is 10.2. The van der Waals surface area contributed by atoms with Gasteiger partial charge in [-0.05, 0) is 23.8 Å². The van der Waals surface area contributed by atoms with E-state index in [4.69, 9.17) is 15.2 Å². The van der Waals surface area contributed by atoms with E-state index in [9.17, 15) is 4.39 Å². The minimum absolute atomic E-state index is 0.116. The first kappa shape index (κ1) is 12.3. The maximum Gasteiger partial charge on any atom is 0.219 e. The summed E-state index contributed by atoms with van der Waals surface area (Å²) in [6, 6.07) is 7.88. The van der Waals surface area contributed by atoms with Gasteiger partial charge in [-0.25, -0.2) is 9.37 Å². The molecule has 1 aromatic heterocycles. The van der Waals surface area contributed by atoms with Gasteiger partial charge in [0, 0.05) is 12.6 Å². The largest absolute Gasteiger partial charge is 0.495 e. The fourth-order valence-electron chi connectivity index (χ4n) is 1.41. The van der Waals surface area contributed by atoms with Gasteiger partial charge in [0.05, 0.1) is 13.3 Å². The first-order valence-electron chi connectivity index (χ1n) is 5.39. The number of nitrogens with two attached hydrogens (primary N) is 1. The van der Waals surface area contributed by atoms with Crippen molar-refractivity contribution in [1.29, 1.82) is 0 Å². The molecule has 4 nitrogen and oxygen atoms in total. The third-order valence-electron chi connectivity index (χ3n) is 2.39. The third-order valence-corrected chi connectivity index (χ3v) is 2.39. The van der Waals surface area contributed by atoms with Crippen LogP contribution in [0, 0.1) is 5.82 Å². The molecule has 0 amide bonds. The van der Waals surface area contributed by atoms with E-state index < -0.39 is 5.82 Å². The van der Waals surface area contributed by atoms with E-state index in [-0.39, 0.29) is 12.3 Å². The van der Waals surface area contributed by atoms with Crippen molar-refractivity contribution in [3.63, 3.8) is 0 Å². The Morgan fingerprint density at radius 2 is 2.11 bits per heavy atom. The monoisotopic (exact) mass is 248 g/mol. The van der Waals surface area contributed by atoms with Gasteiger partial charge in [-0.1, -0.05) is 6.07 Å². The molecule has 2 aromatic rings. The van der Waals surface area contributed by atoms with Crippen molar-refractivity contribution in [2.45, 2.75) is 6.54 Å². The third kappa shape index (κ3) is 2.75. The van der Waals surface area contributed by atoms with Crippen LogP contribution in [0.15, 0.2) is 36.5 Å². The highest BCUT2D eigenvalue weighted by molar-refractivity contribution is 5.33. The van der Waals surface area contributed by atoms with Crippen LogP contribution in [0.3, 0.4) is 0 Å². The van der Waals surface area contributed by atoms with Gasteiger partial charge in [0.15, 0.2) is 11.6 Å². The number of hydrogen-bond acceptors (Lipinski definition) is 4. The van der Waals surface area contributed by atoms with Gasteiger partial charge in [0.1, 0.15) is 5.75 Å². The summed E-state index contributed by atoms with van der Waals surface area (Å²) in [5.41, 5.74) is 6.13. The lowest BCUT2D eigenvalue weighted by Gasteiger charge is -2.07. The van der Waals surface area contributed by atoms with Gasteiger partial charge >= 0.3 is 0 Å². The first-order valence-corrected chi connectivity index (χ1v) is 5.39. The van der Waals surface area contributed by atoms with Crippen molar-refractivity contribution >= 4 is 0 Å². The summed E-state index contributed by atoms with van der Waals surface area (Å²) in [6.45, 7) is 0.290. The molecule has 18 heavy (non-hydrogen) atoms. The average molecular weight is 248 g/mol. The zero-order valence-electron chi connectivity index (χ0n) is 9.89. The second kappa shape index (κ2) is 5.46.